The Bertz CT molecular complexity index is 1050. The first-order chi connectivity index (χ1) is 12.4. The number of halogens is 1. The molecular formula is C17H16BrN3O4S. The van der Waals surface area contributed by atoms with Crippen molar-refractivity contribution in [2.75, 3.05) is 0 Å². The maximum Gasteiger partial charge on any atom is 0.264 e. The van der Waals surface area contributed by atoms with Gasteiger partial charge in [-0.15, -0.1) is 0 Å². The van der Waals surface area contributed by atoms with Gasteiger partial charge in [0.2, 0.25) is 0 Å². The maximum absolute atomic E-state index is 13.0. The number of fused-ring (bicyclic) bond motifs is 1. The lowest BCUT2D eigenvalue weighted by Crippen LogP contribution is -2.45. The average Bonchev–Trinajstić information content (AvgIpc) is 3.06. The second-order valence-corrected chi connectivity index (χ2v) is 8.70. The van der Waals surface area contributed by atoms with Gasteiger partial charge < -0.3 is 10.7 Å². The van der Waals surface area contributed by atoms with Crippen molar-refractivity contribution >= 4 is 42.6 Å². The minimum absolute atomic E-state index is 0.0652. The van der Waals surface area contributed by atoms with Gasteiger partial charge in [-0.1, -0.05) is 34.1 Å². The lowest BCUT2D eigenvalue weighted by Gasteiger charge is -2.22. The number of rotatable bonds is 5. The van der Waals surface area contributed by atoms with Crippen LogP contribution >= 0.6 is 15.9 Å². The van der Waals surface area contributed by atoms with Crippen molar-refractivity contribution in [3.05, 3.63) is 64.8 Å². The van der Waals surface area contributed by atoms with Crippen molar-refractivity contribution in [1.29, 1.82) is 0 Å². The van der Waals surface area contributed by atoms with Gasteiger partial charge in [0.1, 0.15) is 0 Å². The van der Waals surface area contributed by atoms with Crippen molar-refractivity contribution in [1.82, 2.24) is 10.5 Å². The Labute approximate surface area is 158 Å². The SMILES string of the molecule is NC(c1c[nH]c2ccccc12)C(C(=O)NO)S(=O)(=O)c1ccc(Br)cc1. The number of benzene rings is 2. The number of H-pyrrole nitrogens is 1. The molecule has 9 heteroatoms. The highest BCUT2D eigenvalue weighted by Gasteiger charge is 2.40. The minimum Gasteiger partial charge on any atom is -0.361 e. The van der Waals surface area contributed by atoms with Gasteiger partial charge in [0.15, 0.2) is 15.1 Å². The van der Waals surface area contributed by atoms with Crippen LogP contribution in [0, 0.1) is 0 Å². The quantitative estimate of drug-likeness (QED) is 0.359. The summed E-state index contributed by atoms with van der Waals surface area (Å²) in [5, 5.41) is 8.09. The van der Waals surface area contributed by atoms with Gasteiger partial charge in [-0.2, -0.15) is 0 Å². The molecule has 3 aromatic rings. The Hall–Kier alpha value is -2.20. The third-order valence-corrected chi connectivity index (χ3v) is 6.79. The van der Waals surface area contributed by atoms with Gasteiger partial charge in [-0.25, -0.2) is 13.9 Å². The normalized spacial score (nSPS) is 14.1. The third kappa shape index (κ3) is 3.26. The van der Waals surface area contributed by atoms with Crippen LogP contribution in [0.25, 0.3) is 10.9 Å². The van der Waals surface area contributed by atoms with E-state index < -0.39 is 27.0 Å². The largest absolute Gasteiger partial charge is 0.361 e. The van der Waals surface area contributed by atoms with E-state index in [1.54, 1.807) is 30.5 Å². The van der Waals surface area contributed by atoms with Gasteiger partial charge in [-0.05, 0) is 35.9 Å². The van der Waals surface area contributed by atoms with E-state index in [1.807, 2.05) is 12.1 Å². The minimum atomic E-state index is -4.15. The Morgan fingerprint density at radius 1 is 1.15 bits per heavy atom. The topological polar surface area (TPSA) is 125 Å². The van der Waals surface area contributed by atoms with Crippen molar-refractivity contribution in [3.63, 3.8) is 0 Å². The Kier molecular flexibility index (Phi) is 5.15. The first kappa shape index (κ1) is 18.6. The van der Waals surface area contributed by atoms with E-state index in [-0.39, 0.29) is 4.90 Å². The van der Waals surface area contributed by atoms with Crippen LogP contribution in [0.1, 0.15) is 11.6 Å². The third-order valence-electron chi connectivity index (χ3n) is 4.15. The van der Waals surface area contributed by atoms with Gasteiger partial charge in [0.05, 0.1) is 10.9 Å². The highest BCUT2D eigenvalue weighted by Crippen LogP contribution is 2.30. The van der Waals surface area contributed by atoms with Gasteiger partial charge in [-0.3, -0.25) is 10.0 Å². The Morgan fingerprint density at radius 2 is 1.81 bits per heavy atom. The van der Waals surface area contributed by atoms with E-state index in [0.29, 0.717) is 15.4 Å². The van der Waals surface area contributed by atoms with Crippen molar-refractivity contribution in [3.8, 4) is 0 Å². The molecule has 0 aliphatic heterocycles. The molecule has 0 spiro atoms. The van der Waals surface area contributed by atoms with E-state index in [9.17, 15) is 13.2 Å². The summed E-state index contributed by atoms with van der Waals surface area (Å²) >= 11 is 3.24. The number of para-hydroxylation sites is 1. The summed E-state index contributed by atoms with van der Waals surface area (Å²) in [6, 6.07) is 11.9. The predicted octanol–water partition coefficient (Wildman–Crippen LogP) is 2.28. The van der Waals surface area contributed by atoms with Crippen molar-refractivity contribution in [2.45, 2.75) is 16.2 Å². The fraction of sp³-hybridized carbons (Fsp3) is 0.118. The molecule has 7 nitrogen and oxygen atoms in total. The summed E-state index contributed by atoms with van der Waals surface area (Å²) in [4.78, 5) is 15.2. The number of sulfone groups is 1. The summed E-state index contributed by atoms with van der Waals surface area (Å²) in [5.74, 6) is -1.09. The molecule has 0 saturated heterocycles. The summed E-state index contributed by atoms with van der Waals surface area (Å²) in [6.45, 7) is 0. The standard InChI is InChI=1S/C17H16BrN3O4S/c18-10-5-7-11(8-6-10)26(24,25)16(17(22)21-23)15(19)13-9-20-14-4-2-1-3-12(13)14/h1-9,15-16,20,23H,19H2,(H,21,22). The smallest absolute Gasteiger partial charge is 0.264 e. The monoisotopic (exact) mass is 437 g/mol. The molecule has 2 unspecified atom stereocenters. The molecule has 1 aromatic heterocycles. The molecule has 0 radical (unpaired) electrons. The molecule has 0 fully saturated rings. The molecule has 3 rings (SSSR count). The van der Waals surface area contributed by atoms with Crippen LogP contribution in [0.5, 0.6) is 0 Å². The van der Waals surface area contributed by atoms with Gasteiger partial charge >= 0.3 is 0 Å². The van der Waals surface area contributed by atoms with Crippen LogP contribution in [0.15, 0.2) is 64.1 Å². The second-order valence-electron chi connectivity index (χ2n) is 5.71. The van der Waals surface area contributed by atoms with Crippen LogP contribution in [-0.4, -0.2) is 29.8 Å². The van der Waals surface area contributed by atoms with Crippen LogP contribution < -0.4 is 11.2 Å². The van der Waals surface area contributed by atoms with Crippen LogP contribution in [0.4, 0.5) is 0 Å². The van der Waals surface area contributed by atoms with Gasteiger partial charge in [0.25, 0.3) is 5.91 Å². The molecular weight excluding hydrogens is 422 g/mol. The molecule has 2 atom stereocenters. The summed E-state index contributed by atoms with van der Waals surface area (Å²) in [7, 11) is -4.15. The zero-order chi connectivity index (χ0) is 18.9. The second kappa shape index (κ2) is 7.20. The highest BCUT2D eigenvalue weighted by molar-refractivity contribution is 9.10. The number of hydrogen-bond acceptors (Lipinski definition) is 5. The first-order valence-electron chi connectivity index (χ1n) is 7.61. The summed E-state index contributed by atoms with van der Waals surface area (Å²) in [6.07, 6.45) is 1.57. The lowest BCUT2D eigenvalue weighted by molar-refractivity contribution is -0.129. The molecule has 1 amide bonds. The van der Waals surface area contributed by atoms with E-state index in [2.05, 4.69) is 20.9 Å². The Morgan fingerprint density at radius 3 is 2.46 bits per heavy atom. The molecule has 0 aliphatic rings. The Balaban J connectivity index is 2.11. The summed E-state index contributed by atoms with van der Waals surface area (Å²) in [5.41, 5.74) is 8.86. The molecule has 26 heavy (non-hydrogen) atoms. The molecule has 5 N–H and O–H groups in total. The zero-order valence-corrected chi connectivity index (χ0v) is 15.8. The van der Waals surface area contributed by atoms with E-state index in [0.717, 1.165) is 5.52 Å². The fourth-order valence-corrected chi connectivity index (χ4v) is 4.80. The number of nitrogens with two attached hydrogens (primary N) is 1. The maximum atomic E-state index is 13.0. The molecule has 0 aliphatic carbocycles. The van der Waals surface area contributed by atoms with Crippen LogP contribution in [0.3, 0.4) is 0 Å². The summed E-state index contributed by atoms with van der Waals surface area (Å²) < 4.78 is 26.8. The van der Waals surface area contributed by atoms with E-state index in [1.165, 1.54) is 17.6 Å². The fourth-order valence-electron chi connectivity index (χ4n) is 2.86. The number of amides is 1. The van der Waals surface area contributed by atoms with Crippen molar-refractivity contribution < 1.29 is 18.4 Å². The number of aromatic nitrogens is 1. The van der Waals surface area contributed by atoms with E-state index >= 15 is 0 Å². The zero-order valence-electron chi connectivity index (χ0n) is 13.4. The number of hydrogen-bond donors (Lipinski definition) is 4. The number of aromatic amines is 1. The van der Waals surface area contributed by atoms with E-state index in [4.69, 9.17) is 10.9 Å². The van der Waals surface area contributed by atoms with Crippen LogP contribution in [0.2, 0.25) is 0 Å². The van der Waals surface area contributed by atoms with Crippen LogP contribution in [-0.2, 0) is 14.6 Å². The lowest BCUT2D eigenvalue weighted by atomic mass is 10.0. The highest BCUT2D eigenvalue weighted by atomic mass is 79.9. The number of hydroxylamine groups is 1. The molecule has 1 heterocycles. The molecule has 2 aromatic carbocycles. The average molecular weight is 438 g/mol. The predicted molar refractivity (Wildman–Crippen MR) is 100 cm³/mol. The molecule has 0 saturated carbocycles. The molecule has 136 valence electrons. The molecule has 0 bridgehead atoms. The van der Waals surface area contributed by atoms with Crippen molar-refractivity contribution in [2.24, 2.45) is 5.73 Å². The number of carbonyl (C=O) groups is 1. The number of carbonyl (C=O) groups excluding carboxylic acids is 1. The first-order valence-corrected chi connectivity index (χ1v) is 9.95. The number of nitrogens with one attached hydrogen (secondary N) is 2. The van der Waals surface area contributed by atoms with Gasteiger partial charge in [0, 0.05) is 21.6 Å².